The molecule has 2 rings (SSSR count). The molecule has 1 aliphatic rings. The molecule has 1 aromatic carbocycles. The smallest absolute Gasteiger partial charge is 0.251 e. The van der Waals surface area contributed by atoms with E-state index in [1.54, 1.807) is 0 Å². The third-order valence-electron chi connectivity index (χ3n) is 3.18. The van der Waals surface area contributed by atoms with E-state index in [2.05, 4.69) is 21.2 Å². The van der Waals surface area contributed by atoms with E-state index in [0.29, 0.717) is 18.0 Å². The Bertz CT molecular complexity index is 429. The molecule has 0 saturated heterocycles. The van der Waals surface area contributed by atoms with Gasteiger partial charge in [0.05, 0.1) is 0 Å². The molecule has 0 bridgehead atoms. The van der Waals surface area contributed by atoms with Gasteiger partial charge in [-0.1, -0.05) is 15.9 Å². The molecule has 0 spiro atoms. The van der Waals surface area contributed by atoms with Crippen molar-refractivity contribution in [1.82, 2.24) is 5.32 Å². The number of rotatable bonds is 4. The van der Waals surface area contributed by atoms with Crippen molar-refractivity contribution in [2.45, 2.75) is 25.8 Å². The summed E-state index contributed by atoms with van der Waals surface area (Å²) in [6.07, 6.45) is 2.36. The second kappa shape index (κ2) is 5.19. The van der Waals surface area contributed by atoms with Gasteiger partial charge in [-0.15, -0.1) is 0 Å². The van der Waals surface area contributed by atoms with Crippen LogP contribution in [-0.4, -0.2) is 18.5 Å². The number of nitrogens with two attached hydrogens (primary N) is 1. The summed E-state index contributed by atoms with van der Waals surface area (Å²) in [6.45, 7) is 2.49. The van der Waals surface area contributed by atoms with Gasteiger partial charge < -0.3 is 11.1 Å². The third-order valence-corrected chi connectivity index (χ3v) is 4.07. The van der Waals surface area contributed by atoms with Gasteiger partial charge in [0.1, 0.15) is 0 Å². The van der Waals surface area contributed by atoms with Gasteiger partial charge in [0, 0.05) is 22.6 Å². The Morgan fingerprint density at radius 3 is 2.82 bits per heavy atom. The van der Waals surface area contributed by atoms with Crippen LogP contribution in [0.4, 0.5) is 0 Å². The van der Waals surface area contributed by atoms with Crippen LogP contribution in [0.15, 0.2) is 22.7 Å². The largest absolute Gasteiger partial charge is 0.348 e. The Balaban J connectivity index is 2.05. The maximum atomic E-state index is 12.0. The maximum Gasteiger partial charge on any atom is 0.251 e. The van der Waals surface area contributed by atoms with Crippen molar-refractivity contribution in [1.29, 1.82) is 0 Å². The van der Waals surface area contributed by atoms with Gasteiger partial charge in [0.25, 0.3) is 5.91 Å². The summed E-state index contributed by atoms with van der Waals surface area (Å²) < 4.78 is 1.02. The summed E-state index contributed by atoms with van der Waals surface area (Å²) in [7, 11) is 0. The average molecular weight is 297 g/mol. The first-order valence-corrected chi connectivity index (χ1v) is 6.68. The molecule has 0 radical (unpaired) electrons. The first-order valence-electron chi connectivity index (χ1n) is 5.89. The van der Waals surface area contributed by atoms with Crippen LogP contribution in [0, 0.1) is 12.8 Å². The molecule has 1 unspecified atom stereocenters. The molecule has 17 heavy (non-hydrogen) atoms. The van der Waals surface area contributed by atoms with E-state index in [1.807, 2.05) is 25.1 Å². The number of hydrogen-bond donors (Lipinski definition) is 2. The van der Waals surface area contributed by atoms with Gasteiger partial charge in [0.15, 0.2) is 0 Å². The quantitative estimate of drug-likeness (QED) is 0.895. The van der Waals surface area contributed by atoms with E-state index in [4.69, 9.17) is 5.73 Å². The number of amides is 1. The predicted molar refractivity (Wildman–Crippen MR) is 71.9 cm³/mol. The second-order valence-corrected chi connectivity index (χ2v) is 5.47. The fourth-order valence-electron chi connectivity index (χ4n) is 1.91. The molecular formula is C13H17BrN2O. The van der Waals surface area contributed by atoms with Crippen LogP contribution in [0.2, 0.25) is 0 Å². The van der Waals surface area contributed by atoms with Crippen molar-refractivity contribution in [2.24, 2.45) is 11.7 Å². The highest BCUT2D eigenvalue weighted by Gasteiger charge is 2.31. The summed E-state index contributed by atoms with van der Waals surface area (Å²) in [5.74, 6) is 0.559. The lowest BCUT2D eigenvalue weighted by Gasteiger charge is -2.16. The minimum atomic E-state index is -0.0250. The molecule has 1 aromatic rings. The normalized spacial score (nSPS) is 16.6. The van der Waals surface area contributed by atoms with Crippen LogP contribution in [0.25, 0.3) is 0 Å². The van der Waals surface area contributed by atoms with E-state index in [9.17, 15) is 4.79 Å². The highest BCUT2D eigenvalue weighted by atomic mass is 79.9. The molecule has 0 aromatic heterocycles. The standard InChI is InChI=1S/C13H17BrN2O/c1-8-6-10(4-5-11(8)14)13(17)16-12(7-15)9-2-3-9/h4-6,9,12H,2-3,7,15H2,1H3,(H,16,17). The van der Waals surface area contributed by atoms with Crippen LogP contribution in [0.3, 0.4) is 0 Å². The zero-order valence-corrected chi connectivity index (χ0v) is 11.5. The molecule has 0 heterocycles. The van der Waals surface area contributed by atoms with Gasteiger partial charge >= 0.3 is 0 Å². The number of nitrogens with one attached hydrogen (secondary N) is 1. The number of benzene rings is 1. The van der Waals surface area contributed by atoms with E-state index in [-0.39, 0.29) is 11.9 Å². The Kier molecular flexibility index (Phi) is 3.84. The minimum absolute atomic E-state index is 0.0250. The van der Waals surface area contributed by atoms with Gasteiger partial charge in [0.2, 0.25) is 0 Å². The molecule has 1 atom stereocenters. The lowest BCUT2D eigenvalue weighted by Crippen LogP contribution is -2.41. The summed E-state index contributed by atoms with van der Waals surface area (Å²) in [6, 6.07) is 5.75. The molecule has 3 N–H and O–H groups in total. The number of hydrogen-bond acceptors (Lipinski definition) is 2. The van der Waals surface area contributed by atoms with E-state index in [0.717, 1.165) is 10.0 Å². The molecule has 3 nitrogen and oxygen atoms in total. The molecule has 1 aliphatic carbocycles. The zero-order chi connectivity index (χ0) is 12.4. The Morgan fingerprint density at radius 2 is 2.29 bits per heavy atom. The van der Waals surface area contributed by atoms with E-state index >= 15 is 0 Å². The zero-order valence-electron chi connectivity index (χ0n) is 9.87. The topological polar surface area (TPSA) is 55.1 Å². The van der Waals surface area contributed by atoms with Crippen LogP contribution < -0.4 is 11.1 Å². The molecule has 1 fully saturated rings. The fourth-order valence-corrected chi connectivity index (χ4v) is 2.15. The Morgan fingerprint density at radius 1 is 1.59 bits per heavy atom. The Labute approximate surface area is 110 Å². The van der Waals surface area contributed by atoms with Gasteiger partial charge in [-0.25, -0.2) is 0 Å². The van der Waals surface area contributed by atoms with Crippen molar-refractivity contribution in [3.05, 3.63) is 33.8 Å². The van der Waals surface area contributed by atoms with Crippen LogP contribution >= 0.6 is 15.9 Å². The van der Waals surface area contributed by atoms with E-state index < -0.39 is 0 Å². The minimum Gasteiger partial charge on any atom is -0.348 e. The molecule has 92 valence electrons. The van der Waals surface area contributed by atoms with Crippen molar-refractivity contribution in [2.75, 3.05) is 6.54 Å². The van der Waals surface area contributed by atoms with Crippen LogP contribution in [-0.2, 0) is 0 Å². The first-order chi connectivity index (χ1) is 8.11. The van der Waals surface area contributed by atoms with Crippen LogP contribution in [0.5, 0.6) is 0 Å². The maximum absolute atomic E-state index is 12.0. The summed E-state index contributed by atoms with van der Waals surface area (Å²) >= 11 is 3.42. The number of carbonyl (C=O) groups is 1. The molecule has 4 heteroatoms. The first kappa shape index (κ1) is 12.6. The lowest BCUT2D eigenvalue weighted by molar-refractivity contribution is 0.0933. The van der Waals surface area contributed by atoms with Crippen molar-refractivity contribution in [3.8, 4) is 0 Å². The highest BCUT2D eigenvalue weighted by Crippen LogP contribution is 2.32. The SMILES string of the molecule is Cc1cc(C(=O)NC(CN)C2CC2)ccc1Br. The molecule has 1 saturated carbocycles. The van der Waals surface area contributed by atoms with Crippen molar-refractivity contribution in [3.63, 3.8) is 0 Å². The highest BCUT2D eigenvalue weighted by molar-refractivity contribution is 9.10. The van der Waals surface area contributed by atoms with Crippen molar-refractivity contribution < 1.29 is 4.79 Å². The second-order valence-electron chi connectivity index (χ2n) is 4.62. The average Bonchev–Trinajstić information content (AvgIpc) is 3.13. The van der Waals surface area contributed by atoms with E-state index in [1.165, 1.54) is 12.8 Å². The summed E-state index contributed by atoms with van der Waals surface area (Å²) in [5.41, 5.74) is 7.43. The van der Waals surface area contributed by atoms with Gasteiger partial charge in [-0.3, -0.25) is 4.79 Å². The summed E-state index contributed by atoms with van der Waals surface area (Å²) in [5, 5.41) is 3.01. The Hall–Kier alpha value is -0.870. The summed E-state index contributed by atoms with van der Waals surface area (Å²) in [4.78, 5) is 12.0. The van der Waals surface area contributed by atoms with Gasteiger partial charge in [-0.2, -0.15) is 0 Å². The molecular weight excluding hydrogens is 280 g/mol. The fraction of sp³-hybridized carbons (Fsp3) is 0.462. The number of aryl methyl sites for hydroxylation is 1. The molecule has 0 aliphatic heterocycles. The van der Waals surface area contributed by atoms with Crippen LogP contribution in [0.1, 0.15) is 28.8 Å². The number of halogens is 1. The monoisotopic (exact) mass is 296 g/mol. The van der Waals surface area contributed by atoms with Crippen molar-refractivity contribution >= 4 is 21.8 Å². The predicted octanol–water partition coefficient (Wildman–Crippen LogP) is 2.22. The van der Waals surface area contributed by atoms with Gasteiger partial charge in [-0.05, 0) is 49.4 Å². The number of carbonyl (C=O) groups excluding carboxylic acids is 1. The lowest BCUT2D eigenvalue weighted by atomic mass is 10.1. The third kappa shape index (κ3) is 3.07. The molecule has 1 amide bonds.